The van der Waals surface area contributed by atoms with Gasteiger partial charge in [-0.1, -0.05) is 0 Å². The van der Waals surface area contributed by atoms with Gasteiger partial charge in [-0.05, 0) is 32.7 Å². The monoisotopic (exact) mass is 249 g/mol. The maximum Gasteiger partial charge on any atom is 0.256 e. The number of aromatic nitrogens is 1. The summed E-state index contributed by atoms with van der Waals surface area (Å²) in [6, 6.07) is 1.94. The van der Waals surface area contributed by atoms with Gasteiger partial charge in [-0.15, -0.1) is 0 Å². The third-order valence-corrected chi connectivity index (χ3v) is 3.24. The standard InChI is InChI=1S/C13H19N3O2/c1-9-7-12(17)11(8-16-9)13(18)15-6-4-10-3-2-5-14-10/h7-8,10,14H,2-6H2,1H3,(H,15,18)(H,16,17)/t10-/m1/s1. The summed E-state index contributed by atoms with van der Waals surface area (Å²) in [6.07, 6.45) is 4.76. The van der Waals surface area contributed by atoms with E-state index in [1.807, 2.05) is 0 Å². The first kappa shape index (κ1) is 12.8. The van der Waals surface area contributed by atoms with Crippen molar-refractivity contribution < 1.29 is 4.79 Å². The van der Waals surface area contributed by atoms with Crippen LogP contribution in [0.15, 0.2) is 17.1 Å². The van der Waals surface area contributed by atoms with Gasteiger partial charge in [0.05, 0.1) is 0 Å². The van der Waals surface area contributed by atoms with Crippen LogP contribution in [0.5, 0.6) is 0 Å². The van der Waals surface area contributed by atoms with E-state index >= 15 is 0 Å². The summed E-state index contributed by atoms with van der Waals surface area (Å²) >= 11 is 0. The first-order chi connectivity index (χ1) is 8.66. The highest BCUT2D eigenvalue weighted by atomic mass is 16.2. The highest BCUT2D eigenvalue weighted by Gasteiger charge is 2.14. The Hall–Kier alpha value is -1.62. The summed E-state index contributed by atoms with van der Waals surface area (Å²) in [4.78, 5) is 26.3. The molecule has 0 spiro atoms. The first-order valence-corrected chi connectivity index (χ1v) is 6.38. The lowest BCUT2D eigenvalue weighted by Crippen LogP contribution is -2.33. The smallest absolute Gasteiger partial charge is 0.256 e. The SMILES string of the molecule is Cc1cc(=O)c(C(=O)NCC[C@H]2CCCN2)c[nH]1. The zero-order valence-electron chi connectivity index (χ0n) is 10.6. The highest BCUT2D eigenvalue weighted by molar-refractivity contribution is 5.93. The molecule has 2 heterocycles. The normalized spacial score (nSPS) is 18.8. The lowest BCUT2D eigenvalue weighted by molar-refractivity contribution is 0.0951. The Morgan fingerprint density at radius 1 is 1.56 bits per heavy atom. The predicted molar refractivity (Wildman–Crippen MR) is 69.8 cm³/mol. The minimum atomic E-state index is -0.297. The van der Waals surface area contributed by atoms with Crippen LogP contribution in [0.4, 0.5) is 0 Å². The van der Waals surface area contributed by atoms with E-state index in [0.717, 1.165) is 18.7 Å². The zero-order chi connectivity index (χ0) is 13.0. The number of H-pyrrole nitrogens is 1. The number of aryl methyl sites for hydroxylation is 1. The molecular weight excluding hydrogens is 230 g/mol. The molecule has 0 aliphatic carbocycles. The molecule has 1 aromatic rings. The molecule has 98 valence electrons. The van der Waals surface area contributed by atoms with Gasteiger partial charge < -0.3 is 15.6 Å². The molecule has 1 amide bonds. The van der Waals surface area contributed by atoms with Crippen molar-refractivity contribution >= 4 is 5.91 Å². The Morgan fingerprint density at radius 3 is 3.06 bits per heavy atom. The van der Waals surface area contributed by atoms with Crippen LogP contribution in [0.25, 0.3) is 0 Å². The van der Waals surface area contributed by atoms with Crippen molar-refractivity contribution in [3.63, 3.8) is 0 Å². The van der Waals surface area contributed by atoms with Crippen molar-refractivity contribution in [2.45, 2.75) is 32.2 Å². The molecule has 0 saturated carbocycles. The van der Waals surface area contributed by atoms with E-state index in [1.54, 1.807) is 6.92 Å². The van der Waals surface area contributed by atoms with E-state index in [0.29, 0.717) is 12.6 Å². The second-order valence-corrected chi connectivity index (χ2v) is 4.73. The molecule has 0 bridgehead atoms. The molecule has 1 atom stereocenters. The van der Waals surface area contributed by atoms with Gasteiger partial charge in [0, 0.05) is 30.5 Å². The van der Waals surface area contributed by atoms with Gasteiger partial charge in [-0.2, -0.15) is 0 Å². The summed E-state index contributed by atoms with van der Waals surface area (Å²) in [6.45, 7) is 3.45. The van der Waals surface area contributed by atoms with E-state index in [-0.39, 0.29) is 16.9 Å². The lowest BCUT2D eigenvalue weighted by atomic mass is 10.1. The second kappa shape index (κ2) is 5.82. The summed E-state index contributed by atoms with van der Waals surface area (Å²) in [5.41, 5.74) is 0.703. The fraction of sp³-hybridized carbons (Fsp3) is 0.538. The molecule has 5 heteroatoms. The molecule has 1 aromatic heterocycles. The number of rotatable bonds is 4. The van der Waals surface area contributed by atoms with E-state index in [2.05, 4.69) is 15.6 Å². The second-order valence-electron chi connectivity index (χ2n) is 4.73. The molecule has 18 heavy (non-hydrogen) atoms. The predicted octanol–water partition coefficient (Wildman–Crippen LogP) is 0.555. The van der Waals surface area contributed by atoms with Crippen LogP contribution in [0.1, 0.15) is 35.3 Å². The Morgan fingerprint density at radius 2 is 2.39 bits per heavy atom. The molecule has 3 N–H and O–H groups in total. The number of aromatic amines is 1. The third-order valence-electron chi connectivity index (χ3n) is 3.24. The van der Waals surface area contributed by atoms with E-state index in [1.165, 1.54) is 25.1 Å². The van der Waals surface area contributed by atoms with E-state index < -0.39 is 0 Å². The summed E-state index contributed by atoms with van der Waals surface area (Å²) in [7, 11) is 0. The van der Waals surface area contributed by atoms with Gasteiger partial charge >= 0.3 is 0 Å². The number of carbonyl (C=O) groups is 1. The van der Waals surface area contributed by atoms with Crippen molar-refractivity contribution in [1.82, 2.24) is 15.6 Å². The minimum Gasteiger partial charge on any atom is -0.364 e. The van der Waals surface area contributed by atoms with Crippen molar-refractivity contribution in [3.05, 3.63) is 33.7 Å². The highest BCUT2D eigenvalue weighted by Crippen LogP contribution is 2.07. The van der Waals surface area contributed by atoms with Crippen molar-refractivity contribution in [1.29, 1.82) is 0 Å². The molecule has 0 radical (unpaired) electrons. The molecule has 1 fully saturated rings. The fourth-order valence-electron chi connectivity index (χ4n) is 2.21. The minimum absolute atomic E-state index is 0.181. The van der Waals surface area contributed by atoms with E-state index in [4.69, 9.17) is 0 Å². The molecule has 2 rings (SSSR count). The topological polar surface area (TPSA) is 74.0 Å². The van der Waals surface area contributed by atoms with Crippen LogP contribution in [-0.4, -0.2) is 30.0 Å². The maximum absolute atomic E-state index is 11.8. The van der Waals surface area contributed by atoms with Crippen molar-refractivity contribution in [3.8, 4) is 0 Å². The van der Waals surface area contributed by atoms with Gasteiger partial charge in [0.2, 0.25) is 0 Å². The lowest BCUT2D eigenvalue weighted by Gasteiger charge is -2.10. The van der Waals surface area contributed by atoms with Gasteiger partial charge in [-0.3, -0.25) is 9.59 Å². The number of nitrogens with one attached hydrogen (secondary N) is 3. The Labute approximate surface area is 106 Å². The molecule has 1 aliphatic heterocycles. The van der Waals surface area contributed by atoms with Crippen molar-refractivity contribution in [2.75, 3.05) is 13.1 Å². The van der Waals surface area contributed by atoms with Crippen LogP contribution in [0.2, 0.25) is 0 Å². The number of carbonyl (C=O) groups excluding carboxylic acids is 1. The molecule has 1 saturated heterocycles. The molecule has 5 nitrogen and oxygen atoms in total. The molecular formula is C13H19N3O2. The molecule has 0 aromatic carbocycles. The number of hydrogen-bond donors (Lipinski definition) is 3. The average Bonchev–Trinajstić information content (AvgIpc) is 2.81. The largest absolute Gasteiger partial charge is 0.364 e. The van der Waals surface area contributed by atoms with E-state index in [9.17, 15) is 9.59 Å². The Kier molecular flexibility index (Phi) is 4.15. The number of pyridine rings is 1. The summed E-state index contributed by atoms with van der Waals surface area (Å²) in [5, 5.41) is 6.16. The van der Waals surface area contributed by atoms with Crippen LogP contribution in [0, 0.1) is 6.92 Å². The van der Waals surface area contributed by atoms with Crippen LogP contribution in [-0.2, 0) is 0 Å². The summed E-state index contributed by atoms with van der Waals surface area (Å²) in [5.74, 6) is -0.297. The summed E-state index contributed by atoms with van der Waals surface area (Å²) < 4.78 is 0. The Balaban J connectivity index is 1.85. The number of amides is 1. The fourth-order valence-corrected chi connectivity index (χ4v) is 2.21. The first-order valence-electron chi connectivity index (χ1n) is 6.38. The van der Waals surface area contributed by atoms with Crippen LogP contribution >= 0.6 is 0 Å². The van der Waals surface area contributed by atoms with Gasteiger partial charge in [0.1, 0.15) is 5.56 Å². The maximum atomic E-state index is 11.8. The molecule has 1 aliphatic rings. The average molecular weight is 249 g/mol. The Bertz CT molecular complexity index is 475. The van der Waals surface area contributed by atoms with Gasteiger partial charge in [0.15, 0.2) is 5.43 Å². The van der Waals surface area contributed by atoms with Crippen molar-refractivity contribution in [2.24, 2.45) is 0 Å². The molecule has 0 unspecified atom stereocenters. The van der Waals surface area contributed by atoms with Crippen LogP contribution < -0.4 is 16.1 Å². The van der Waals surface area contributed by atoms with Crippen LogP contribution in [0.3, 0.4) is 0 Å². The third kappa shape index (κ3) is 3.20. The number of hydrogen-bond acceptors (Lipinski definition) is 3. The zero-order valence-corrected chi connectivity index (χ0v) is 10.6. The quantitative estimate of drug-likeness (QED) is 0.729. The van der Waals surface area contributed by atoms with Gasteiger partial charge in [0.25, 0.3) is 5.91 Å². The van der Waals surface area contributed by atoms with Gasteiger partial charge in [-0.25, -0.2) is 0 Å².